The Morgan fingerprint density at radius 1 is 1.29 bits per heavy atom. The molecule has 17 heavy (non-hydrogen) atoms. The smallest absolute Gasteiger partial charge is 0.199 e. The lowest BCUT2D eigenvalue weighted by atomic mass is 10.2. The zero-order chi connectivity index (χ0) is 11.9. The first-order valence-electron chi connectivity index (χ1n) is 5.67. The van der Waals surface area contributed by atoms with Crippen molar-refractivity contribution in [1.82, 2.24) is 25.0 Å². The summed E-state index contributed by atoms with van der Waals surface area (Å²) in [5.74, 6) is 2.08. The van der Waals surface area contributed by atoms with Crippen LogP contribution in [-0.2, 0) is 0 Å². The van der Waals surface area contributed by atoms with Crippen molar-refractivity contribution < 1.29 is 0 Å². The molecule has 1 N–H and O–H groups in total. The number of unbranched alkanes of at least 4 members (excludes halogenated alkanes) is 2. The van der Waals surface area contributed by atoms with Gasteiger partial charge in [-0.15, -0.1) is 5.10 Å². The second-order valence-corrected chi connectivity index (χ2v) is 4.71. The third-order valence-corrected chi connectivity index (χ3v) is 3.14. The largest absolute Gasteiger partial charge is 0.369 e. The van der Waals surface area contributed by atoms with Gasteiger partial charge in [-0.3, -0.25) is 4.98 Å². The Bertz CT molecular complexity index is 457. The molecule has 0 bridgehead atoms. The van der Waals surface area contributed by atoms with Crippen molar-refractivity contribution in [2.75, 3.05) is 23.9 Å². The van der Waals surface area contributed by atoms with E-state index in [1.54, 1.807) is 16.9 Å². The number of anilines is 1. The molecule has 0 aromatic carbocycles. The van der Waals surface area contributed by atoms with E-state index in [-0.39, 0.29) is 0 Å². The molecule has 2 aromatic rings. The van der Waals surface area contributed by atoms with E-state index in [1.807, 2.05) is 11.8 Å². The molecule has 0 fully saturated rings. The Labute approximate surface area is 104 Å². The predicted octanol–water partition coefficient (Wildman–Crippen LogP) is 1.46. The van der Waals surface area contributed by atoms with Crippen molar-refractivity contribution in [3.63, 3.8) is 0 Å². The van der Waals surface area contributed by atoms with Crippen molar-refractivity contribution in [2.24, 2.45) is 0 Å². The van der Waals surface area contributed by atoms with E-state index in [1.165, 1.54) is 18.6 Å². The van der Waals surface area contributed by atoms with Crippen LogP contribution in [0.25, 0.3) is 5.65 Å². The maximum atomic E-state index is 4.08. The summed E-state index contributed by atoms with van der Waals surface area (Å²) in [6.07, 6.45) is 9.19. The average Bonchev–Trinajstić information content (AvgIpc) is 2.82. The van der Waals surface area contributed by atoms with E-state index >= 15 is 0 Å². The molecule has 7 heteroatoms. The van der Waals surface area contributed by atoms with E-state index < -0.39 is 0 Å². The molecule has 0 aliphatic heterocycles. The number of thioether (sulfide) groups is 1. The quantitative estimate of drug-likeness (QED) is 0.753. The summed E-state index contributed by atoms with van der Waals surface area (Å²) >= 11 is 1.90. The molecule has 0 aliphatic carbocycles. The molecular formula is C10H16N6S. The molecule has 0 saturated heterocycles. The molecule has 0 unspecified atom stereocenters. The minimum absolute atomic E-state index is 0.664. The van der Waals surface area contributed by atoms with Crippen LogP contribution >= 0.6 is 11.8 Å². The lowest BCUT2D eigenvalue weighted by molar-refractivity contribution is 0.741. The van der Waals surface area contributed by atoms with E-state index in [0.29, 0.717) is 5.65 Å². The Morgan fingerprint density at radius 3 is 3.12 bits per heavy atom. The second-order valence-electron chi connectivity index (χ2n) is 3.72. The van der Waals surface area contributed by atoms with E-state index in [0.717, 1.165) is 18.8 Å². The molecule has 0 amide bonds. The SMILES string of the molecule is CSCCCCCNc1cncc2nnnn12. The number of tetrazole rings is 1. The van der Waals surface area contributed by atoms with E-state index in [4.69, 9.17) is 0 Å². The minimum Gasteiger partial charge on any atom is -0.369 e. The van der Waals surface area contributed by atoms with Crippen LogP contribution in [-0.4, -0.2) is 43.6 Å². The van der Waals surface area contributed by atoms with Crippen LogP contribution in [0.5, 0.6) is 0 Å². The average molecular weight is 252 g/mol. The molecule has 0 spiro atoms. The Morgan fingerprint density at radius 2 is 2.24 bits per heavy atom. The number of nitrogens with one attached hydrogen (secondary N) is 1. The fourth-order valence-electron chi connectivity index (χ4n) is 1.56. The molecule has 92 valence electrons. The summed E-state index contributed by atoms with van der Waals surface area (Å²) in [5.41, 5.74) is 0.664. The monoisotopic (exact) mass is 252 g/mol. The summed E-state index contributed by atoms with van der Waals surface area (Å²) in [7, 11) is 0. The number of hydrogen-bond acceptors (Lipinski definition) is 6. The maximum absolute atomic E-state index is 4.08. The molecule has 2 heterocycles. The van der Waals surface area contributed by atoms with Gasteiger partial charge in [0.05, 0.1) is 12.4 Å². The topological polar surface area (TPSA) is 68.0 Å². The first kappa shape index (κ1) is 12.1. The van der Waals surface area contributed by atoms with Crippen molar-refractivity contribution in [3.05, 3.63) is 12.4 Å². The Kier molecular flexibility index (Phi) is 4.54. The van der Waals surface area contributed by atoms with Crippen LogP contribution in [0.15, 0.2) is 12.4 Å². The van der Waals surface area contributed by atoms with Gasteiger partial charge < -0.3 is 5.32 Å². The lowest BCUT2D eigenvalue weighted by Gasteiger charge is -2.06. The van der Waals surface area contributed by atoms with Crippen LogP contribution in [0.4, 0.5) is 5.82 Å². The first-order valence-corrected chi connectivity index (χ1v) is 7.06. The van der Waals surface area contributed by atoms with Gasteiger partial charge >= 0.3 is 0 Å². The number of rotatable bonds is 7. The highest BCUT2D eigenvalue weighted by Gasteiger charge is 2.02. The molecule has 0 radical (unpaired) electrons. The summed E-state index contributed by atoms with van der Waals surface area (Å²) in [6, 6.07) is 0. The van der Waals surface area contributed by atoms with Crippen LogP contribution in [0.1, 0.15) is 19.3 Å². The van der Waals surface area contributed by atoms with Gasteiger partial charge in [0.2, 0.25) is 0 Å². The number of fused-ring (bicyclic) bond motifs is 1. The van der Waals surface area contributed by atoms with Crippen LogP contribution in [0.3, 0.4) is 0 Å². The van der Waals surface area contributed by atoms with Crippen molar-refractivity contribution in [1.29, 1.82) is 0 Å². The number of hydrogen-bond donors (Lipinski definition) is 1. The highest BCUT2D eigenvalue weighted by atomic mass is 32.2. The summed E-state index contributed by atoms with van der Waals surface area (Å²) in [5, 5.41) is 14.7. The van der Waals surface area contributed by atoms with Gasteiger partial charge in [0, 0.05) is 6.54 Å². The van der Waals surface area contributed by atoms with E-state index in [2.05, 4.69) is 32.1 Å². The molecular weight excluding hydrogens is 236 g/mol. The normalized spacial score (nSPS) is 10.9. The fraction of sp³-hybridized carbons (Fsp3) is 0.600. The van der Waals surface area contributed by atoms with Gasteiger partial charge in [-0.05, 0) is 35.3 Å². The van der Waals surface area contributed by atoms with Crippen molar-refractivity contribution >= 4 is 23.2 Å². The van der Waals surface area contributed by atoms with Crippen molar-refractivity contribution in [3.8, 4) is 0 Å². The molecule has 2 aromatic heterocycles. The number of nitrogens with zero attached hydrogens (tertiary/aromatic N) is 5. The standard InChI is InChI=1S/C10H16N6S/c1-17-6-4-2-3-5-12-9-7-11-8-10-13-14-15-16(9)10/h7-8,12H,2-6H2,1H3. The summed E-state index contributed by atoms with van der Waals surface area (Å²) in [4.78, 5) is 4.08. The maximum Gasteiger partial charge on any atom is 0.199 e. The van der Waals surface area contributed by atoms with Gasteiger partial charge in [-0.25, -0.2) is 0 Å². The fourth-order valence-corrected chi connectivity index (χ4v) is 2.05. The van der Waals surface area contributed by atoms with Crippen LogP contribution in [0, 0.1) is 0 Å². The van der Waals surface area contributed by atoms with Crippen LogP contribution < -0.4 is 5.32 Å². The molecule has 0 aliphatic rings. The Balaban J connectivity index is 1.80. The zero-order valence-electron chi connectivity index (χ0n) is 9.83. The highest BCUT2D eigenvalue weighted by Crippen LogP contribution is 2.07. The highest BCUT2D eigenvalue weighted by molar-refractivity contribution is 7.98. The molecule has 2 rings (SSSR count). The van der Waals surface area contributed by atoms with E-state index in [9.17, 15) is 0 Å². The van der Waals surface area contributed by atoms with Gasteiger partial charge in [0.1, 0.15) is 5.82 Å². The van der Waals surface area contributed by atoms with Gasteiger partial charge in [-0.1, -0.05) is 6.42 Å². The third-order valence-electron chi connectivity index (χ3n) is 2.44. The molecule has 6 nitrogen and oxygen atoms in total. The zero-order valence-corrected chi connectivity index (χ0v) is 10.7. The van der Waals surface area contributed by atoms with Crippen LogP contribution in [0.2, 0.25) is 0 Å². The van der Waals surface area contributed by atoms with Crippen molar-refractivity contribution in [2.45, 2.75) is 19.3 Å². The Hall–Kier alpha value is -1.37. The number of aromatic nitrogens is 5. The lowest BCUT2D eigenvalue weighted by Crippen LogP contribution is -2.07. The predicted molar refractivity (Wildman–Crippen MR) is 69.3 cm³/mol. The first-order chi connectivity index (χ1) is 8.42. The van der Waals surface area contributed by atoms with Gasteiger partial charge in [0.25, 0.3) is 0 Å². The molecule has 0 atom stereocenters. The third kappa shape index (κ3) is 3.29. The van der Waals surface area contributed by atoms with Gasteiger partial charge in [0.15, 0.2) is 5.65 Å². The summed E-state index contributed by atoms with van der Waals surface area (Å²) < 4.78 is 1.66. The minimum atomic E-state index is 0.664. The summed E-state index contributed by atoms with van der Waals surface area (Å²) in [6.45, 7) is 0.926. The van der Waals surface area contributed by atoms with Gasteiger partial charge in [-0.2, -0.15) is 16.3 Å². The second kappa shape index (κ2) is 6.39. The molecule has 0 saturated carbocycles.